The van der Waals surface area contributed by atoms with Crippen molar-refractivity contribution in [2.75, 3.05) is 24.5 Å². The fraction of sp³-hybridized carbons (Fsp3) is 0.625. The van der Waals surface area contributed by atoms with Crippen molar-refractivity contribution < 1.29 is 4.79 Å². The van der Waals surface area contributed by atoms with Crippen LogP contribution in [0.5, 0.6) is 0 Å². The summed E-state index contributed by atoms with van der Waals surface area (Å²) in [5.41, 5.74) is 7.62. The number of rotatable bonds is 4. The molecule has 1 amide bonds. The van der Waals surface area contributed by atoms with Crippen molar-refractivity contribution in [1.82, 2.24) is 9.88 Å². The Morgan fingerprint density at radius 2 is 2.19 bits per heavy atom. The minimum Gasteiger partial charge on any atom is -0.369 e. The summed E-state index contributed by atoms with van der Waals surface area (Å²) in [6.45, 7) is 8.50. The maximum Gasteiger partial charge on any atom is 0.272 e. The van der Waals surface area contributed by atoms with E-state index in [4.69, 9.17) is 5.73 Å². The van der Waals surface area contributed by atoms with Gasteiger partial charge in [0, 0.05) is 43.6 Å². The van der Waals surface area contributed by atoms with Gasteiger partial charge in [0.25, 0.3) is 5.91 Å². The Labute approximate surface area is 127 Å². The average Bonchev–Trinajstić information content (AvgIpc) is 2.48. The molecule has 0 bridgehead atoms. The maximum atomic E-state index is 12.4. The molecule has 1 aromatic rings. The molecule has 2 heterocycles. The first kappa shape index (κ1) is 15.8. The van der Waals surface area contributed by atoms with Crippen LogP contribution in [-0.4, -0.2) is 47.5 Å². The number of hydrogen-bond donors (Lipinski definition) is 1. The van der Waals surface area contributed by atoms with E-state index in [0.717, 1.165) is 25.1 Å². The zero-order valence-electron chi connectivity index (χ0n) is 13.2. The Balaban J connectivity index is 2.19. The molecule has 0 radical (unpaired) electrons. The lowest BCUT2D eigenvalue weighted by Gasteiger charge is -2.38. The predicted octanol–water partition coefficient (Wildman–Crippen LogP) is 1.88. The highest BCUT2D eigenvalue weighted by Crippen LogP contribution is 2.24. The predicted molar refractivity (Wildman–Crippen MR) is 85.5 cm³/mol. The summed E-state index contributed by atoms with van der Waals surface area (Å²) in [5.74, 6) is 0.00298. The highest BCUT2D eigenvalue weighted by Gasteiger charge is 2.24. The number of nitrogens with two attached hydrogens (primary N) is 1. The first-order valence-electron chi connectivity index (χ1n) is 7.84. The van der Waals surface area contributed by atoms with Crippen molar-refractivity contribution >= 4 is 11.6 Å². The van der Waals surface area contributed by atoms with Crippen LogP contribution >= 0.6 is 0 Å². The lowest BCUT2D eigenvalue weighted by Crippen LogP contribution is -2.45. The molecule has 1 aromatic heterocycles. The number of anilines is 1. The van der Waals surface area contributed by atoms with Crippen molar-refractivity contribution in [3.05, 3.63) is 24.0 Å². The Morgan fingerprint density at radius 1 is 1.48 bits per heavy atom. The van der Waals surface area contributed by atoms with Crippen LogP contribution in [0.2, 0.25) is 0 Å². The van der Waals surface area contributed by atoms with E-state index in [1.165, 1.54) is 0 Å². The topological polar surface area (TPSA) is 62.5 Å². The van der Waals surface area contributed by atoms with Gasteiger partial charge in [-0.05, 0) is 45.7 Å². The highest BCUT2D eigenvalue weighted by molar-refractivity contribution is 5.93. The van der Waals surface area contributed by atoms with Crippen LogP contribution in [0.15, 0.2) is 18.3 Å². The third kappa shape index (κ3) is 3.53. The molecule has 1 saturated heterocycles. The standard InChI is InChI=1S/C16H26N4O/c1-4-19(5-2)16(21)15-11-14(6-8-18-15)20-9-7-13(17)10-12(20)3/h6,8,11-13H,4-5,7,9-10,17H2,1-3H3. The monoisotopic (exact) mass is 290 g/mol. The quantitative estimate of drug-likeness (QED) is 0.919. The van der Waals surface area contributed by atoms with E-state index in [1.54, 1.807) is 11.1 Å². The van der Waals surface area contributed by atoms with Crippen LogP contribution in [0.1, 0.15) is 44.1 Å². The van der Waals surface area contributed by atoms with Gasteiger partial charge in [0.15, 0.2) is 0 Å². The number of pyridine rings is 1. The van der Waals surface area contributed by atoms with Gasteiger partial charge >= 0.3 is 0 Å². The third-order valence-corrected chi connectivity index (χ3v) is 4.26. The number of carbonyl (C=O) groups is 1. The second kappa shape index (κ2) is 6.89. The first-order chi connectivity index (χ1) is 10.1. The molecule has 2 unspecified atom stereocenters. The molecule has 5 nitrogen and oxygen atoms in total. The Bertz CT molecular complexity index is 487. The van der Waals surface area contributed by atoms with Crippen molar-refractivity contribution in [2.24, 2.45) is 5.73 Å². The van der Waals surface area contributed by atoms with Crippen LogP contribution < -0.4 is 10.6 Å². The van der Waals surface area contributed by atoms with Gasteiger partial charge in [-0.2, -0.15) is 0 Å². The molecule has 2 N–H and O–H groups in total. The SMILES string of the molecule is CCN(CC)C(=O)c1cc(N2CCC(N)CC2C)ccn1. The molecule has 0 saturated carbocycles. The Hall–Kier alpha value is -1.62. The normalized spacial score (nSPS) is 22.2. The number of aromatic nitrogens is 1. The van der Waals surface area contributed by atoms with E-state index in [0.29, 0.717) is 24.8 Å². The van der Waals surface area contributed by atoms with Crippen LogP contribution in [0.3, 0.4) is 0 Å². The fourth-order valence-electron chi connectivity index (χ4n) is 2.98. The minimum atomic E-state index is 0.00298. The summed E-state index contributed by atoms with van der Waals surface area (Å²) in [6, 6.07) is 4.57. The van der Waals surface area contributed by atoms with E-state index in [2.05, 4.69) is 16.8 Å². The number of piperidine rings is 1. The van der Waals surface area contributed by atoms with Gasteiger partial charge in [0.1, 0.15) is 5.69 Å². The van der Waals surface area contributed by atoms with Gasteiger partial charge in [-0.25, -0.2) is 0 Å². The lowest BCUT2D eigenvalue weighted by atomic mass is 9.98. The minimum absolute atomic E-state index is 0.00298. The van der Waals surface area contributed by atoms with E-state index < -0.39 is 0 Å². The summed E-state index contributed by atoms with van der Waals surface area (Å²) in [5, 5.41) is 0. The molecule has 1 aliphatic heterocycles. The van der Waals surface area contributed by atoms with E-state index in [1.807, 2.05) is 26.0 Å². The van der Waals surface area contributed by atoms with Crippen molar-refractivity contribution in [3.8, 4) is 0 Å². The van der Waals surface area contributed by atoms with Gasteiger partial charge in [-0.15, -0.1) is 0 Å². The smallest absolute Gasteiger partial charge is 0.272 e. The molecule has 116 valence electrons. The number of amides is 1. The molecule has 1 aliphatic rings. The van der Waals surface area contributed by atoms with E-state index in [-0.39, 0.29) is 11.9 Å². The number of carbonyl (C=O) groups excluding carboxylic acids is 1. The maximum absolute atomic E-state index is 12.4. The average molecular weight is 290 g/mol. The third-order valence-electron chi connectivity index (χ3n) is 4.26. The van der Waals surface area contributed by atoms with Crippen LogP contribution in [0, 0.1) is 0 Å². The van der Waals surface area contributed by atoms with Crippen molar-refractivity contribution in [3.63, 3.8) is 0 Å². The second-order valence-corrected chi connectivity index (χ2v) is 5.70. The summed E-state index contributed by atoms with van der Waals surface area (Å²) in [7, 11) is 0. The van der Waals surface area contributed by atoms with Crippen LogP contribution in [-0.2, 0) is 0 Å². The van der Waals surface area contributed by atoms with Crippen molar-refractivity contribution in [1.29, 1.82) is 0 Å². The van der Waals surface area contributed by atoms with Gasteiger partial charge in [-0.1, -0.05) is 0 Å². The molecular weight excluding hydrogens is 264 g/mol. The summed E-state index contributed by atoms with van der Waals surface area (Å²) >= 11 is 0. The number of hydrogen-bond acceptors (Lipinski definition) is 4. The van der Waals surface area contributed by atoms with Gasteiger partial charge < -0.3 is 15.5 Å². The lowest BCUT2D eigenvalue weighted by molar-refractivity contribution is 0.0767. The molecule has 1 fully saturated rings. The zero-order valence-corrected chi connectivity index (χ0v) is 13.2. The summed E-state index contributed by atoms with van der Waals surface area (Å²) < 4.78 is 0. The fourth-order valence-corrected chi connectivity index (χ4v) is 2.98. The van der Waals surface area contributed by atoms with Gasteiger partial charge in [0.05, 0.1) is 0 Å². The second-order valence-electron chi connectivity index (χ2n) is 5.70. The Kier molecular flexibility index (Phi) is 5.17. The van der Waals surface area contributed by atoms with Crippen LogP contribution in [0.4, 0.5) is 5.69 Å². The largest absolute Gasteiger partial charge is 0.369 e. The van der Waals surface area contributed by atoms with Gasteiger partial charge in [0.2, 0.25) is 0 Å². The summed E-state index contributed by atoms with van der Waals surface area (Å²) in [6.07, 6.45) is 3.71. The van der Waals surface area contributed by atoms with E-state index in [9.17, 15) is 4.79 Å². The molecule has 21 heavy (non-hydrogen) atoms. The molecule has 0 spiro atoms. The molecule has 2 rings (SSSR count). The molecule has 0 aliphatic carbocycles. The van der Waals surface area contributed by atoms with Crippen molar-refractivity contribution in [2.45, 2.75) is 45.7 Å². The molecule has 5 heteroatoms. The number of nitrogens with zero attached hydrogens (tertiary/aromatic N) is 3. The molecule has 2 atom stereocenters. The first-order valence-corrected chi connectivity index (χ1v) is 7.84. The van der Waals surface area contributed by atoms with Crippen LogP contribution in [0.25, 0.3) is 0 Å². The Morgan fingerprint density at radius 3 is 2.81 bits per heavy atom. The molecular formula is C16H26N4O. The summed E-state index contributed by atoms with van der Waals surface area (Å²) in [4.78, 5) is 20.8. The van der Waals surface area contributed by atoms with E-state index >= 15 is 0 Å². The highest BCUT2D eigenvalue weighted by atomic mass is 16.2. The molecule has 0 aromatic carbocycles. The zero-order chi connectivity index (χ0) is 15.4. The van der Waals surface area contributed by atoms with Gasteiger partial charge in [-0.3, -0.25) is 9.78 Å².